The van der Waals surface area contributed by atoms with Crippen LogP contribution in [0.2, 0.25) is 0 Å². The Bertz CT molecular complexity index is 683. The number of carboxylic acids is 1. The van der Waals surface area contributed by atoms with Crippen molar-refractivity contribution in [3.8, 4) is 0 Å². The van der Waals surface area contributed by atoms with Crippen LogP contribution in [0.4, 0.5) is 0 Å². The lowest BCUT2D eigenvalue weighted by Crippen LogP contribution is -2.47. The van der Waals surface area contributed by atoms with Crippen LogP contribution in [0.5, 0.6) is 0 Å². The van der Waals surface area contributed by atoms with Gasteiger partial charge < -0.3 is 10.4 Å². The Balaban J connectivity index is 1.72. The molecule has 2 aliphatic rings. The molecule has 3 atom stereocenters. The fourth-order valence-electron chi connectivity index (χ4n) is 4.23. The number of hydrogen-bond donors (Lipinski definition) is 2. The molecule has 0 aromatic heterocycles. The van der Waals surface area contributed by atoms with Crippen LogP contribution in [-0.2, 0) is 4.79 Å². The van der Waals surface area contributed by atoms with Gasteiger partial charge in [0.25, 0.3) is 11.8 Å². The average Bonchev–Trinajstić information content (AvgIpc) is 2.80. The fourth-order valence-corrected chi connectivity index (χ4v) is 4.23. The van der Waals surface area contributed by atoms with E-state index in [1.165, 1.54) is 4.90 Å². The standard InChI is InChI=1S/C21H28N2O4/c1-2-3-12-18(21(26)27)22-14-8-4-5-9-15(13-14)23-19(24)16-10-6-7-11-17(16)20(23)25/h6-7,10-11,14-15,18,22H,2-5,8-9,12-13H2,1H3,(H,26,27). The zero-order chi connectivity index (χ0) is 19.4. The Morgan fingerprint density at radius 3 is 2.41 bits per heavy atom. The second-order valence-electron chi connectivity index (χ2n) is 7.60. The third-order valence-electron chi connectivity index (χ3n) is 5.67. The number of carboxylic acid groups (broad SMARTS) is 1. The van der Waals surface area contributed by atoms with E-state index in [0.29, 0.717) is 24.0 Å². The third-order valence-corrected chi connectivity index (χ3v) is 5.67. The summed E-state index contributed by atoms with van der Waals surface area (Å²) >= 11 is 0. The third kappa shape index (κ3) is 4.21. The number of imide groups is 1. The van der Waals surface area contributed by atoms with Crippen molar-refractivity contribution in [2.45, 2.75) is 76.4 Å². The Labute approximate surface area is 159 Å². The van der Waals surface area contributed by atoms with E-state index >= 15 is 0 Å². The molecule has 2 amide bonds. The lowest BCUT2D eigenvalue weighted by atomic mass is 10.0. The molecule has 0 spiro atoms. The number of carbonyl (C=O) groups excluding carboxylic acids is 2. The molecule has 6 heteroatoms. The lowest BCUT2D eigenvalue weighted by molar-refractivity contribution is -0.140. The molecule has 3 rings (SSSR count). The summed E-state index contributed by atoms with van der Waals surface area (Å²) in [7, 11) is 0. The van der Waals surface area contributed by atoms with Crippen LogP contribution in [-0.4, -0.2) is 45.9 Å². The molecule has 0 bridgehead atoms. The predicted molar refractivity (Wildman–Crippen MR) is 102 cm³/mol. The molecule has 27 heavy (non-hydrogen) atoms. The number of amides is 2. The van der Waals surface area contributed by atoms with Crippen LogP contribution in [0.25, 0.3) is 0 Å². The van der Waals surface area contributed by atoms with Gasteiger partial charge in [-0.25, -0.2) is 0 Å². The number of aliphatic carboxylic acids is 1. The lowest BCUT2D eigenvalue weighted by Gasteiger charge is -2.29. The molecule has 146 valence electrons. The fraction of sp³-hybridized carbons (Fsp3) is 0.571. The highest BCUT2D eigenvalue weighted by Gasteiger charge is 2.41. The van der Waals surface area contributed by atoms with Crippen molar-refractivity contribution in [2.24, 2.45) is 0 Å². The summed E-state index contributed by atoms with van der Waals surface area (Å²) < 4.78 is 0. The largest absolute Gasteiger partial charge is 0.480 e. The molecule has 2 N–H and O–H groups in total. The van der Waals surface area contributed by atoms with Crippen molar-refractivity contribution in [1.82, 2.24) is 10.2 Å². The molecule has 1 aromatic carbocycles. The van der Waals surface area contributed by atoms with Crippen molar-refractivity contribution in [3.05, 3.63) is 35.4 Å². The summed E-state index contributed by atoms with van der Waals surface area (Å²) in [6.45, 7) is 2.04. The van der Waals surface area contributed by atoms with Gasteiger partial charge in [0.05, 0.1) is 11.1 Å². The Morgan fingerprint density at radius 2 is 1.81 bits per heavy atom. The number of fused-ring (bicyclic) bond motifs is 1. The second kappa shape index (κ2) is 8.65. The van der Waals surface area contributed by atoms with E-state index in [-0.39, 0.29) is 23.9 Å². The van der Waals surface area contributed by atoms with E-state index in [9.17, 15) is 19.5 Å². The first-order valence-corrected chi connectivity index (χ1v) is 9.98. The number of unbranched alkanes of at least 4 members (excludes halogenated alkanes) is 1. The van der Waals surface area contributed by atoms with Crippen LogP contribution >= 0.6 is 0 Å². The summed E-state index contributed by atoms with van der Waals surface area (Å²) in [5.41, 5.74) is 0.949. The van der Waals surface area contributed by atoms with Gasteiger partial charge in [0.1, 0.15) is 6.04 Å². The van der Waals surface area contributed by atoms with Gasteiger partial charge in [-0.15, -0.1) is 0 Å². The Kier molecular flexibility index (Phi) is 6.26. The number of benzene rings is 1. The predicted octanol–water partition coefficient (Wildman–Crippen LogP) is 3.22. The molecule has 1 saturated carbocycles. The highest BCUT2D eigenvalue weighted by Crippen LogP contribution is 2.30. The van der Waals surface area contributed by atoms with Gasteiger partial charge in [-0.05, 0) is 37.8 Å². The van der Waals surface area contributed by atoms with Crippen molar-refractivity contribution >= 4 is 17.8 Å². The summed E-state index contributed by atoms with van der Waals surface area (Å²) in [4.78, 5) is 38.6. The highest BCUT2D eigenvalue weighted by molar-refractivity contribution is 6.21. The molecule has 3 unspecified atom stereocenters. The summed E-state index contributed by atoms with van der Waals surface area (Å²) in [5, 5.41) is 12.8. The minimum atomic E-state index is -0.829. The van der Waals surface area contributed by atoms with Gasteiger partial charge in [0.15, 0.2) is 0 Å². The SMILES string of the molecule is CCCCC(NC1CCCCC(N2C(=O)c3ccccc3C2=O)C1)C(=O)O. The molecule has 6 nitrogen and oxygen atoms in total. The van der Waals surface area contributed by atoms with Gasteiger partial charge >= 0.3 is 5.97 Å². The molecule has 0 saturated heterocycles. The smallest absolute Gasteiger partial charge is 0.320 e. The first-order valence-electron chi connectivity index (χ1n) is 9.98. The number of carbonyl (C=O) groups is 3. The molecule has 1 fully saturated rings. The van der Waals surface area contributed by atoms with Gasteiger partial charge in [-0.3, -0.25) is 19.3 Å². The van der Waals surface area contributed by atoms with Crippen LogP contribution in [0.15, 0.2) is 24.3 Å². The van der Waals surface area contributed by atoms with Crippen LogP contribution in [0.3, 0.4) is 0 Å². The van der Waals surface area contributed by atoms with E-state index in [2.05, 4.69) is 5.32 Å². The second-order valence-corrected chi connectivity index (χ2v) is 7.60. The van der Waals surface area contributed by atoms with Crippen molar-refractivity contribution in [2.75, 3.05) is 0 Å². The first kappa shape index (κ1) is 19.5. The van der Waals surface area contributed by atoms with Crippen LogP contribution in [0, 0.1) is 0 Å². The topological polar surface area (TPSA) is 86.7 Å². The maximum absolute atomic E-state index is 12.8. The van der Waals surface area contributed by atoms with E-state index < -0.39 is 12.0 Å². The highest BCUT2D eigenvalue weighted by atomic mass is 16.4. The molecule has 1 aliphatic carbocycles. The maximum Gasteiger partial charge on any atom is 0.320 e. The molecule has 1 aliphatic heterocycles. The van der Waals surface area contributed by atoms with E-state index in [1.807, 2.05) is 6.92 Å². The van der Waals surface area contributed by atoms with Gasteiger partial charge in [0.2, 0.25) is 0 Å². The van der Waals surface area contributed by atoms with Crippen LogP contribution in [0.1, 0.15) is 79.0 Å². The van der Waals surface area contributed by atoms with Crippen molar-refractivity contribution < 1.29 is 19.5 Å². The quantitative estimate of drug-likeness (QED) is 0.567. The number of nitrogens with one attached hydrogen (secondary N) is 1. The monoisotopic (exact) mass is 372 g/mol. The van der Waals surface area contributed by atoms with E-state index in [4.69, 9.17) is 0 Å². The van der Waals surface area contributed by atoms with E-state index in [1.54, 1.807) is 24.3 Å². The zero-order valence-electron chi connectivity index (χ0n) is 15.8. The van der Waals surface area contributed by atoms with Crippen molar-refractivity contribution in [1.29, 1.82) is 0 Å². The molecule has 1 heterocycles. The van der Waals surface area contributed by atoms with Crippen molar-refractivity contribution in [3.63, 3.8) is 0 Å². The summed E-state index contributed by atoms with van der Waals surface area (Å²) in [6.07, 6.45) is 6.57. The molecule has 0 radical (unpaired) electrons. The Hall–Kier alpha value is -2.21. The van der Waals surface area contributed by atoms with Crippen LogP contribution < -0.4 is 5.32 Å². The number of nitrogens with zero attached hydrogens (tertiary/aromatic N) is 1. The first-order chi connectivity index (χ1) is 13.0. The summed E-state index contributed by atoms with van der Waals surface area (Å²) in [5.74, 6) is -1.27. The number of hydrogen-bond acceptors (Lipinski definition) is 4. The Morgan fingerprint density at radius 1 is 1.19 bits per heavy atom. The average molecular weight is 372 g/mol. The maximum atomic E-state index is 12.8. The molecule has 1 aromatic rings. The van der Waals surface area contributed by atoms with Gasteiger partial charge in [-0.1, -0.05) is 44.7 Å². The van der Waals surface area contributed by atoms with E-state index in [0.717, 1.165) is 38.5 Å². The molecular weight excluding hydrogens is 344 g/mol. The van der Waals surface area contributed by atoms with Gasteiger partial charge in [-0.2, -0.15) is 0 Å². The minimum Gasteiger partial charge on any atom is -0.480 e. The van der Waals surface area contributed by atoms with Gasteiger partial charge in [0, 0.05) is 12.1 Å². The summed E-state index contributed by atoms with van der Waals surface area (Å²) in [6, 6.07) is 6.20. The number of rotatable bonds is 7. The molecular formula is C21H28N2O4. The minimum absolute atomic E-state index is 0.000214. The zero-order valence-corrected chi connectivity index (χ0v) is 15.8. The normalized spacial score (nSPS) is 23.8.